The number of halogens is 2. The van der Waals surface area contributed by atoms with E-state index in [9.17, 15) is 9.59 Å². The van der Waals surface area contributed by atoms with Gasteiger partial charge in [-0.2, -0.15) is 0 Å². The van der Waals surface area contributed by atoms with E-state index in [4.69, 9.17) is 23.7 Å². The Hall–Kier alpha value is -1.33. The lowest BCUT2D eigenvalue weighted by Gasteiger charge is -2.00. The van der Waals surface area contributed by atoms with Crippen molar-refractivity contribution in [1.82, 2.24) is 4.98 Å². The Labute approximate surface area is 88.9 Å². The molecule has 0 bridgehead atoms. The maximum Gasteiger partial charge on any atom is 0.375 e. The molecule has 0 atom stereocenters. The number of aromatic nitrogens is 1. The average molecular weight is 236 g/mol. The Morgan fingerprint density at radius 3 is 2.43 bits per heavy atom. The van der Waals surface area contributed by atoms with Gasteiger partial charge >= 0.3 is 11.9 Å². The molecule has 1 aromatic rings. The first kappa shape index (κ1) is 10.7. The molecule has 0 aromatic carbocycles. The fourth-order valence-corrected chi connectivity index (χ4v) is 0.967. The van der Waals surface area contributed by atoms with Crippen molar-refractivity contribution < 1.29 is 18.2 Å². The summed E-state index contributed by atoms with van der Waals surface area (Å²) in [5, 5.41) is 0. The van der Waals surface area contributed by atoms with Crippen LogP contribution in [0.1, 0.15) is 20.8 Å². The number of carbonyl (C=O) groups excluding carboxylic acids is 2. The van der Waals surface area contributed by atoms with Crippen LogP contribution in [0.4, 0.5) is 0 Å². The maximum atomic E-state index is 11.0. The van der Waals surface area contributed by atoms with Gasteiger partial charge in [-0.1, -0.05) is 0 Å². The zero-order valence-electron chi connectivity index (χ0n) is 6.57. The molecule has 0 aliphatic rings. The van der Waals surface area contributed by atoms with E-state index < -0.39 is 11.9 Å². The number of hydrogen-bond donors (Lipinski definition) is 0. The van der Waals surface area contributed by atoms with Gasteiger partial charge in [0.1, 0.15) is 23.7 Å². The third-order valence-electron chi connectivity index (χ3n) is 1.36. The van der Waals surface area contributed by atoms with Crippen LogP contribution in [0.3, 0.4) is 0 Å². The lowest BCUT2D eigenvalue weighted by Crippen LogP contribution is -2.11. The van der Waals surface area contributed by atoms with Crippen LogP contribution in [0.15, 0.2) is 18.3 Å². The molecule has 0 N–H and O–H groups in total. The van der Waals surface area contributed by atoms with Crippen molar-refractivity contribution in [2.24, 2.45) is 0 Å². The summed E-state index contributed by atoms with van der Waals surface area (Å²) in [6, 6.07) is 2.75. The van der Waals surface area contributed by atoms with Gasteiger partial charge in [-0.05, 0) is 12.1 Å². The second kappa shape index (κ2) is 4.78. The first-order valence-electron chi connectivity index (χ1n) is 3.31. The molecule has 5 nitrogen and oxygen atoms in total. The van der Waals surface area contributed by atoms with E-state index in [-0.39, 0.29) is 11.3 Å². The molecule has 0 aliphatic heterocycles. The highest BCUT2D eigenvalue weighted by atomic mass is 35.5. The molecule has 7 heteroatoms. The van der Waals surface area contributed by atoms with Crippen molar-refractivity contribution in [3.8, 4) is 0 Å². The normalized spacial score (nSPS) is 9.29. The quantitative estimate of drug-likeness (QED) is 0.781. The topological polar surface area (TPSA) is 65.5 Å². The SMILES string of the molecule is O=C(OCl)c1cccnc1C(=O)OCl. The van der Waals surface area contributed by atoms with Crippen molar-refractivity contribution in [3.63, 3.8) is 0 Å². The molecule has 14 heavy (non-hydrogen) atoms. The Bertz CT molecular complexity index is 333. The molecule has 0 amide bonds. The Morgan fingerprint density at radius 2 is 1.86 bits per heavy atom. The van der Waals surface area contributed by atoms with Crippen molar-refractivity contribution in [2.45, 2.75) is 0 Å². The van der Waals surface area contributed by atoms with Gasteiger partial charge in [0.25, 0.3) is 0 Å². The van der Waals surface area contributed by atoms with E-state index in [2.05, 4.69) is 13.6 Å². The van der Waals surface area contributed by atoms with Gasteiger partial charge < -0.3 is 8.58 Å². The van der Waals surface area contributed by atoms with Gasteiger partial charge in [-0.3, -0.25) is 0 Å². The largest absolute Gasteiger partial charge is 0.375 e. The molecular formula is C7H3Cl2NO4. The first-order chi connectivity index (χ1) is 6.70. The van der Waals surface area contributed by atoms with Gasteiger partial charge in [0.15, 0.2) is 5.69 Å². The first-order valence-corrected chi connectivity index (χ1v) is 3.93. The Balaban J connectivity index is 3.15. The van der Waals surface area contributed by atoms with Crippen molar-refractivity contribution in [3.05, 3.63) is 29.6 Å². The molecule has 0 aliphatic carbocycles. The highest BCUT2D eigenvalue weighted by molar-refractivity contribution is 6.19. The van der Waals surface area contributed by atoms with Crippen LogP contribution in [-0.4, -0.2) is 16.9 Å². The van der Waals surface area contributed by atoms with Gasteiger partial charge in [0.2, 0.25) is 0 Å². The lowest BCUT2D eigenvalue weighted by atomic mass is 10.2. The van der Waals surface area contributed by atoms with E-state index in [1.807, 2.05) is 0 Å². The molecule has 0 fully saturated rings. The molecule has 1 aromatic heterocycles. The molecule has 1 rings (SSSR count). The predicted molar refractivity (Wildman–Crippen MR) is 46.8 cm³/mol. The van der Waals surface area contributed by atoms with E-state index in [1.165, 1.54) is 18.3 Å². The molecular weight excluding hydrogens is 233 g/mol. The Kier molecular flexibility index (Phi) is 3.67. The molecule has 0 saturated carbocycles. The molecule has 74 valence electrons. The standard InChI is InChI=1S/C7H3Cl2NO4/c8-13-6(11)4-2-1-3-10-5(4)7(12)14-9/h1-3H. The van der Waals surface area contributed by atoms with E-state index >= 15 is 0 Å². The monoisotopic (exact) mass is 235 g/mol. The number of hydrogen-bond acceptors (Lipinski definition) is 5. The number of rotatable bonds is 2. The summed E-state index contributed by atoms with van der Waals surface area (Å²) in [6.07, 6.45) is 1.30. The van der Waals surface area contributed by atoms with Gasteiger partial charge in [-0.15, -0.1) is 0 Å². The Morgan fingerprint density at radius 1 is 1.21 bits per heavy atom. The van der Waals surface area contributed by atoms with Crippen molar-refractivity contribution in [1.29, 1.82) is 0 Å². The minimum atomic E-state index is -0.954. The summed E-state index contributed by atoms with van der Waals surface area (Å²) in [7, 11) is 0. The fraction of sp³-hybridized carbons (Fsp3) is 0. The van der Waals surface area contributed by atoms with Crippen LogP contribution >= 0.6 is 23.7 Å². The second-order valence-electron chi connectivity index (χ2n) is 2.13. The van der Waals surface area contributed by atoms with Crippen LogP contribution < -0.4 is 0 Å². The average Bonchev–Trinajstić information content (AvgIpc) is 2.27. The molecule has 0 unspecified atom stereocenters. The highest BCUT2D eigenvalue weighted by Gasteiger charge is 2.20. The lowest BCUT2D eigenvalue weighted by molar-refractivity contribution is 0.0704. The summed E-state index contributed by atoms with van der Waals surface area (Å²) in [5.74, 6) is -1.86. The number of pyridine rings is 1. The van der Waals surface area contributed by atoms with E-state index in [0.717, 1.165) is 0 Å². The van der Waals surface area contributed by atoms with E-state index in [0.29, 0.717) is 0 Å². The maximum absolute atomic E-state index is 11.0. The summed E-state index contributed by atoms with van der Waals surface area (Å²) in [4.78, 5) is 25.6. The zero-order valence-corrected chi connectivity index (χ0v) is 8.08. The molecule has 0 radical (unpaired) electrons. The minimum absolute atomic E-state index is 0.117. The van der Waals surface area contributed by atoms with E-state index in [1.54, 1.807) is 0 Å². The summed E-state index contributed by atoms with van der Waals surface area (Å²) < 4.78 is 7.81. The van der Waals surface area contributed by atoms with Gasteiger partial charge in [0, 0.05) is 6.20 Å². The minimum Gasteiger partial charge on any atom is -0.343 e. The third-order valence-corrected chi connectivity index (χ3v) is 1.64. The smallest absolute Gasteiger partial charge is 0.343 e. The van der Waals surface area contributed by atoms with Gasteiger partial charge in [0.05, 0.1) is 5.56 Å². The van der Waals surface area contributed by atoms with Crippen LogP contribution in [-0.2, 0) is 8.58 Å². The predicted octanol–water partition coefficient (Wildman–Crippen LogP) is 1.70. The van der Waals surface area contributed by atoms with Crippen molar-refractivity contribution >= 4 is 35.7 Å². The van der Waals surface area contributed by atoms with Crippen LogP contribution in [0.25, 0.3) is 0 Å². The number of carbonyl (C=O) groups is 2. The van der Waals surface area contributed by atoms with Crippen LogP contribution in [0.5, 0.6) is 0 Å². The molecule has 1 heterocycles. The number of nitrogens with zero attached hydrogens (tertiary/aromatic N) is 1. The molecule has 0 spiro atoms. The van der Waals surface area contributed by atoms with Crippen LogP contribution in [0.2, 0.25) is 0 Å². The highest BCUT2D eigenvalue weighted by Crippen LogP contribution is 2.10. The zero-order chi connectivity index (χ0) is 10.6. The van der Waals surface area contributed by atoms with Crippen molar-refractivity contribution in [2.75, 3.05) is 0 Å². The summed E-state index contributed by atoms with van der Waals surface area (Å²) in [5.41, 5.74) is -0.374. The van der Waals surface area contributed by atoms with Gasteiger partial charge in [-0.25, -0.2) is 14.6 Å². The molecule has 0 saturated heterocycles. The third kappa shape index (κ3) is 2.12. The summed E-state index contributed by atoms with van der Waals surface area (Å²) >= 11 is 9.68. The fourth-order valence-electron chi connectivity index (χ4n) is 0.811. The second-order valence-corrected chi connectivity index (χ2v) is 2.44. The van der Waals surface area contributed by atoms with Crippen LogP contribution in [0, 0.1) is 0 Å². The summed E-state index contributed by atoms with van der Waals surface area (Å²) in [6.45, 7) is 0.